The van der Waals surface area contributed by atoms with Gasteiger partial charge in [0.15, 0.2) is 5.82 Å². The van der Waals surface area contributed by atoms with Crippen molar-refractivity contribution in [3.05, 3.63) is 41.5 Å². The number of aromatic nitrogens is 2. The summed E-state index contributed by atoms with van der Waals surface area (Å²) in [7, 11) is 0. The van der Waals surface area contributed by atoms with Gasteiger partial charge in [0.05, 0.1) is 18.6 Å². The van der Waals surface area contributed by atoms with E-state index in [0.717, 1.165) is 55.2 Å². The van der Waals surface area contributed by atoms with Crippen molar-refractivity contribution in [1.29, 1.82) is 0 Å². The molecule has 1 aromatic carbocycles. The second kappa shape index (κ2) is 9.00. The van der Waals surface area contributed by atoms with Crippen LogP contribution >= 0.6 is 11.3 Å². The third-order valence-corrected chi connectivity index (χ3v) is 7.40. The molecule has 3 heterocycles. The molecule has 1 saturated carbocycles. The first-order valence-electron chi connectivity index (χ1n) is 11.3. The number of thiophene rings is 1. The standard InChI is InChI=1S/C24H30N4OS/c1-17-7-9-19(10-8-17)25-23-22-20(18-5-3-2-4-6-18)16-30-24(22)27-21(26-23)15-28-11-13-29-14-12-28/h2-6,16-17,19H,7-15H2,1H3,(H,25,26,27)/p+1. The zero-order chi connectivity index (χ0) is 20.3. The largest absolute Gasteiger partial charge is 0.370 e. The van der Waals surface area contributed by atoms with Crippen molar-refractivity contribution in [2.24, 2.45) is 5.92 Å². The molecule has 0 unspecified atom stereocenters. The highest BCUT2D eigenvalue weighted by Gasteiger charge is 2.23. The molecule has 2 fully saturated rings. The maximum Gasteiger partial charge on any atom is 0.187 e. The predicted octanol–water partition coefficient (Wildman–Crippen LogP) is 3.76. The van der Waals surface area contributed by atoms with Crippen LogP contribution in [0.1, 0.15) is 38.4 Å². The van der Waals surface area contributed by atoms with Crippen LogP contribution in [0.5, 0.6) is 0 Å². The van der Waals surface area contributed by atoms with Gasteiger partial charge in [-0.2, -0.15) is 0 Å². The van der Waals surface area contributed by atoms with Crippen molar-refractivity contribution in [3.63, 3.8) is 0 Å². The molecule has 1 aliphatic heterocycles. The Balaban J connectivity index is 1.51. The molecule has 6 heteroatoms. The Bertz CT molecular complexity index is 976. The van der Waals surface area contributed by atoms with Gasteiger partial charge in [0.1, 0.15) is 30.3 Å². The van der Waals surface area contributed by atoms with Crippen molar-refractivity contribution in [1.82, 2.24) is 9.97 Å². The van der Waals surface area contributed by atoms with Crippen LogP contribution in [0.2, 0.25) is 0 Å². The zero-order valence-corrected chi connectivity index (χ0v) is 18.5. The maximum atomic E-state index is 5.52. The lowest BCUT2D eigenvalue weighted by Gasteiger charge is -2.28. The van der Waals surface area contributed by atoms with Gasteiger partial charge in [-0.3, -0.25) is 0 Å². The number of quaternary nitrogens is 1. The molecular formula is C24H31N4OS+. The number of benzene rings is 1. The van der Waals surface area contributed by atoms with E-state index in [4.69, 9.17) is 14.7 Å². The number of nitrogens with zero attached hydrogens (tertiary/aromatic N) is 2. The van der Waals surface area contributed by atoms with Gasteiger partial charge < -0.3 is 15.0 Å². The Kier molecular flexibility index (Phi) is 5.97. The summed E-state index contributed by atoms with van der Waals surface area (Å²) in [5, 5.41) is 7.27. The fraction of sp³-hybridized carbons (Fsp3) is 0.500. The van der Waals surface area contributed by atoms with Crippen LogP contribution in [0.4, 0.5) is 5.82 Å². The van der Waals surface area contributed by atoms with Crippen molar-refractivity contribution in [2.45, 2.75) is 45.2 Å². The van der Waals surface area contributed by atoms with Crippen LogP contribution in [-0.2, 0) is 11.3 Å². The van der Waals surface area contributed by atoms with Crippen molar-refractivity contribution >= 4 is 27.4 Å². The van der Waals surface area contributed by atoms with Crippen LogP contribution in [0.3, 0.4) is 0 Å². The molecule has 1 saturated heterocycles. The normalized spacial score (nSPS) is 23.0. The second-order valence-electron chi connectivity index (χ2n) is 8.82. The van der Waals surface area contributed by atoms with Crippen molar-refractivity contribution < 1.29 is 9.64 Å². The lowest BCUT2D eigenvalue weighted by molar-refractivity contribution is -0.922. The minimum atomic E-state index is 0.506. The van der Waals surface area contributed by atoms with Crippen LogP contribution in [0, 0.1) is 5.92 Å². The summed E-state index contributed by atoms with van der Waals surface area (Å²) in [6, 6.07) is 11.1. The Morgan fingerprint density at radius 3 is 2.60 bits per heavy atom. The molecule has 5 rings (SSSR count). The Hall–Kier alpha value is -2.02. The summed E-state index contributed by atoms with van der Waals surface area (Å²) in [5.74, 6) is 2.82. The number of fused-ring (bicyclic) bond motifs is 1. The lowest BCUT2D eigenvalue weighted by atomic mass is 9.87. The average Bonchev–Trinajstić information content (AvgIpc) is 3.21. The molecule has 0 bridgehead atoms. The van der Waals surface area contributed by atoms with E-state index in [1.165, 1.54) is 47.1 Å². The van der Waals surface area contributed by atoms with Crippen molar-refractivity contribution in [3.8, 4) is 11.1 Å². The molecule has 2 N–H and O–H groups in total. The van der Waals surface area contributed by atoms with Gasteiger partial charge in [-0.25, -0.2) is 9.97 Å². The molecule has 3 aromatic rings. The third kappa shape index (κ3) is 4.36. The van der Waals surface area contributed by atoms with E-state index in [1.54, 1.807) is 11.3 Å². The minimum absolute atomic E-state index is 0.506. The van der Waals surface area contributed by atoms with Crippen LogP contribution in [0.15, 0.2) is 35.7 Å². The van der Waals surface area contributed by atoms with Crippen LogP contribution < -0.4 is 10.2 Å². The molecule has 2 aromatic heterocycles. The highest BCUT2D eigenvalue weighted by Crippen LogP contribution is 2.38. The fourth-order valence-corrected chi connectivity index (χ4v) is 5.62. The molecule has 0 spiro atoms. The predicted molar refractivity (Wildman–Crippen MR) is 123 cm³/mol. The maximum absolute atomic E-state index is 5.52. The number of hydrogen-bond donors (Lipinski definition) is 2. The number of hydrogen-bond acceptors (Lipinski definition) is 5. The van der Waals surface area contributed by atoms with E-state index in [2.05, 4.69) is 48.0 Å². The summed E-state index contributed by atoms with van der Waals surface area (Å²) in [6.07, 6.45) is 5.04. The fourth-order valence-electron chi connectivity index (χ4n) is 4.66. The Labute approximate surface area is 182 Å². The van der Waals surface area contributed by atoms with E-state index in [1.807, 2.05) is 0 Å². The van der Waals surface area contributed by atoms with Gasteiger partial charge in [0, 0.05) is 17.0 Å². The minimum Gasteiger partial charge on any atom is -0.370 e. The first-order valence-corrected chi connectivity index (χ1v) is 12.2. The van der Waals surface area contributed by atoms with Crippen molar-refractivity contribution in [2.75, 3.05) is 31.6 Å². The quantitative estimate of drug-likeness (QED) is 0.656. The molecule has 5 nitrogen and oxygen atoms in total. The number of nitrogens with one attached hydrogen (secondary N) is 2. The number of rotatable bonds is 5. The molecule has 1 aliphatic carbocycles. The third-order valence-electron chi connectivity index (χ3n) is 6.53. The van der Waals surface area contributed by atoms with Gasteiger partial charge >= 0.3 is 0 Å². The second-order valence-corrected chi connectivity index (χ2v) is 9.68. The lowest BCUT2D eigenvalue weighted by Crippen LogP contribution is -3.12. The first-order chi connectivity index (χ1) is 14.8. The van der Waals surface area contributed by atoms with E-state index < -0.39 is 0 Å². The van der Waals surface area contributed by atoms with Gasteiger partial charge in [0.25, 0.3) is 0 Å². The summed E-state index contributed by atoms with van der Waals surface area (Å²) in [6.45, 7) is 6.97. The average molecular weight is 424 g/mol. The number of anilines is 1. The Morgan fingerprint density at radius 1 is 1.07 bits per heavy atom. The number of morpholine rings is 1. The van der Waals surface area contributed by atoms with Crippen LogP contribution in [-0.4, -0.2) is 42.3 Å². The molecule has 30 heavy (non-hydrogen) atoms. The van der Waals surface area contributed by atoms with E-state index >= 15 is 0 Å². The van der Waals surface area contributed by atoms with E-state index in [-0.39, 0.29) is 0 Å². The molecule has 158 valence electrons. The molecular weight excluding hydrogens is 392 g/mol. The smallest absolute Gasteiger partial charge is 0.187 e. The Morgan fingerprint density at radius 2 is 1.83 bits per heavy atom. The zero-order valence-electron chi connectivity index (χ0n) is 17.7. The number of ether oxygens (including phenoxy) is 1. The van der Waals surface area contributed by atoms with Gasteiger partial charge in [-0.1, -0.05) is 37.3 Å². The molecule has 2 aliphatic rings. The SMILES string of the molecule is CC1CCC(Nc2nc(C[NH+]3CCOCC3)nc3scc(-c4ccccc4)c23)CC1. The van der Waals surface area contributed by atoms with Gasteiger partial charge in [-0.05, 0) is 37.2 Å². The molecule has 0 radical (unpaired) electrons. The highest BCUT2D eigenvalue weighted by atomic mass is 32.1. The van der Waals surface area contributed by atoms with Gasteiger partial charge in [0.2, 0.25) is 0 Å². The summed E-state index contributed by atoms with van der Waals surface area (Å²) in [4.78, 5) is 12.7. The van der Waals surface area contributed by atoms with Gasteiger partial charge in [-0.15, -0.1) is 11.3 Å². The van der Waals surface area contributed by atoms with E-state index in [0.29, 0.717) is 6.04 Å². The molecule has 0 amide bonds. The van der Waals surface area contributed by atoms with Crippen LogP contribution in [0.25, 0.3) is 21.3 Å². The topological polar surface area (TPSA) is 51.5 Å². The monoisotopic (exact) mass is 423 g/mol. The molecule has 0 atom stereocenters. The summed E-state index contributed by atoms with van der Waals surface area (Å²) in [5.41, 5.74) is 2.48. The highest BCUT2D eigenvalue weighted by molar-refractivity contribution is 7.17. The summed E-state index contributed by atoms with van der Waals surface area (Å²) >= 11 is 1.74. The first kappa shape index (κ1) is 19.9. The summed E-state index contributed by atoms with van der Waals surface area (Å²) < 4.78 is 5.52. The van der Waals surface area contributed by atoms with E-state index in [9.17, 15) is 0 Å².